The first-order valence-electron chi connectivity index (χ1n) is 17.1. The van der Waals surface area contributed by atoms with Crippen LogP contribution in [0.4, 0.5) is 0 Å². The third-order valence-corrected chi connectivity index (χ3v) is 9.40. The van der Waals surface area contributed by atoms with Gasteiger partial charge in [-0.3, -0.25) is 0 Å². The number of rotatable bonds is 6. The van der Waals surface area contributed by atoms with Crippen LogP contribution in [0.5, 0.6) is 0 Å². The maximum Gasteiger partial charge on any atom is 0.227 e. The first-order valence-corrected chi connectivity index (χ1v) is 17.1. The average Bonchev–Trinajstić information content (AvgIpc) is 3.83. The minimum Gasteiger partial charge on any atom is -0.456 e. The van der Waals surface area contributed by atoms with E-state index >= 15 is 0 Å². The summed E-state index contributed by atoms with van der Waals surface area (Å²) in [5.41, 5.74) is 11.0. The summed E-state index contributed by atoms with van der Waals surface area (Å²) >= 11 is 0. The van der Waals surface area contributed by atoms with E-state index in [0.29, 0.717) is 23.4 Å². The van der Waals surface area contributed by atoms with E-state index in [1.54, 1.807) is 0 Å². The van der Waals surface area contributed by atoms with Crippen LogP contribution in [0, 0.1) is 0 Å². The lowest BCUT2D eigenvalue weighted by Gasteiger charge is -2.13. The van der Waals surface area contributed by atoms with Crippen LogP contribution in [0.1, 0.15) is 0 Å². The topological polar surface area (TPSA) is 77.8 Å². The zero-order chi connectivity index (χ0) is 34.4. The second-order valence-corrected chi connectivity index (χ2v) is 12.6. The lowest BCUT2D eigenvalue weighted by molar-refractivity contribution is 0.620. The number of hydrogen-bond donors (Lipinski definition) is 0. The van der Waals surface area contributed by atoms with Gasteiger partial charge >= 0.3 is 0 Å². The molecule has 0 aliphatic heterocycles. The quantitative estimate of drug-likeness (QED) is 0.175. The fourth-order valence-electron chi connectivity index (χ4n) is 6.88. The molecular formula is C46H28N4O2. The Bertz CT molecular complexity index is 2840. The van der Waals surface area contributed by atoms with Gasteiger partial charge in [0.25, 0.3) is 0 Å². The van der Waals surface area contributed by atoms with Crippen molar-refractivity contribution >= 4 is 33.0 Å². The number of nitrogens with zero attached hydrogens (tertiary/aromatic N) is 4. The molecule has 3 aromatic heterocycles. The maximum absolute atomic E-state index is 6.46. The Morgan fingerprint density at radius 1 is 0.327 bits per heavy atom. The highest BCUT2D eigenvalue weighted by atomic mass is 16.3. The van der Waals surface area contributed by atoms with Crippen molar-refractivity contribution in [3.63, 3.8) is 0 Å². The zero-order valence-corrected chi connectivity index (χ0v) is 27.8. The van der Waals surface area contributed by atoms with Gasteiger partial charge < -0.3 is 8.83 Å². The normalized spacial score (nSPS) is 11.5. The number of fused-ring (bicyclic) bond motifs is 4. The highest BCUT2D eigenvalue weighted by Gasteiger charge is 2.19. The largest absolute Gasteiger partial charge is 0.456 e. The number of benzene rings is 7. The van der Waals surface area contributed by atoms with Gasteiger partial charge in [-0.1, -0.05) is 127 Å². The Kier molecular flexibility index (Phi) is 7.03. The van der Waals surface area contributed by atoms with Gasteiger partial charge in [0, 0.05) is 33.0 Å². The van der Waals surface area contributed by atoms with Crippen molar-refractivity contribution in [1.82, 2.24) is 19.9 Å². The van der Waals surface area contributed by atoms with E-state index in [9.17, 15) is 0 Å². The van der Waals surface area contributed by atoms with Crippen molar-refractivity contribution in [2.24, 2.45) is 0 Å². The average molecular weight is 669 g/mol. The molecule has 10 aromatic rings. The first kappa shape index (κ1) is 29.7. The van der Waals surface area contributed by atoms with Crippen LogP contribution in [0.15, 0.2) is 179 Å². The lowest BCUT2D eigenvalue weighted by atomic mass is 9.94. The first-order chi connectivity index (χ1) is 25.7. The fraction of sp³-hybridized carbons (Fsp3) is 0. The Hall–Kier alpha value is -7.18. The maximum atomic E-state index is 6.46. The second kappa shape index (κ2) is 12.3. The molecule has 0 bridgehead atoms. The number of hydrogen-bond acceptors (Lipinski definition) is 6. The van der Waals surface area contributed by atoms with Crippen LogP contribution in [0.3, 0.4) is 0 Å². The van der Waals surface area contributed by atoms with Gasteiger partial charge in [-0.05, 0) is 64.7 Å². The van der Waals surface area contributed by atoms with Crippen molar-refractivity contribution < 1.29 is 8.83 Å². The Morgan fingerprint density at radius 2 is 0.904 bits per heavy atom. The van der Waals surface area contributed by atoms with Gasteiger partial charge in [-0.2, -0.15) is 0 Å². The lowest BCUT2D eigenvalue weighted by Crippen LogP contribution is -2.01. The molecule has 3 heterocycles. The molecule has 6 heteroatoms. The molecule has 52 heavy (non-hydrogen) atoms. The molecule has 6 nitrogen and oxygen atoms in total. The molecule has 0 saturated carbocycles. The second-order valence-electron chi connectivity index (χ2n) is 12.6. The van der Waals surface area contributed by atoms with Gasteiger partial charge in [0.2, 0.25) is 5.89 Å². The molecule has 0 unspecified atom stereocenters. The summed E-state index contributed by atoms with van der Waals surface area (Å²) in [6.07, 6.45) is 0. The summed E-state index contributed by atoms with van der Waals surface area (Å²) in [5, 5.41) is 2.05. The summed E-state index contributed by atoms with van der Waals surface area (Å²) in [6, 6.07) is 57.1. The van der Waals surface area contributed by atoms with E-state index in [4.69, 9.17) is 28.8 Å². The molecule has 244 valence electrons. The SMILES string of the molecule is c1ccc(-c2nc(-c3ccccc3)nc(-c3ccccc3-c3cccc4oc5ccc(-c6ccc7nc(-c8ccccc8)oc7c6)cc5c34)n2)cc1. The van der Waals surface area contributed by atoms with Crippen LogP contribution in [-0.2, 0) is 0 Å². The standard InChI is InChI=1S/C46H28N4O2/c1-4-13-29(14-5-1)43-48-44(30-15-6-2-7-16-30)50-45(49-43)36-20-11-10-19-34(36)35-21-12-22-40-42(35)37-27-32(24-26-39(37)51-40)33-23-25-38-41(28-33)52-46(47-38)31-17-8-3-9-18-31/h1-28H. The minimum atomic E-state index is 0.601. The Balaban J connectivity index is 1.12. The molecular weight excluding hydrogens is 641 g/mol. The highest BCUT2D eigenvalue weighted by molar-refractivity contribution is 6.14. The minimum absolute atomic E-state index is 0.601. The molecule has 7 aromatic carbocycles. The van der Waals surface area contributed by atoms with Gasteiger partial charge in [-0.15, -0.1) is 0 Å². The van der Waals surface area contributed by atoms with Gasteiger partial charge in [0.15, 0.2) is 23.1 Å². The van der Waals surface area contributed by atoms with E-state index in [0.717, 1.165) is 77.5 Å². The molecule has 10 rings (SSSR count). The molecule has 0 spiro atoms. The van der Waals surface area contributed by atoms with Gasteiger partial charge in [0.1, 0.15) is 16.7 Å². The number of oxazole rings is 1. The molecule has 0 aliphatic carbocycles. The molecule has 0 fully saturated rings. The summed E-state index contributed by atoms with van der Waals surface area (Å²) < 4.78 is 12.7. The van der Waals surface area contributed by atoms with E-state index in [-0.39, 0.29) is 0 Å². The summed E-state index contributed by atoms with van der Waals surface area (Å²) in [6.45, 7) is 0. The van der Waals surface area contributed by atoms with Gasteiger partial charge in [-0.25, -0.2) is 19.9 Å². The van der Waals surface area contributed by atoms with Crippen LogP contribution < -0.4 is 0 Å². The van der Waals surface area contributed by atoms with E-state index in [1.807, 2.05) is 121 Å². The van der Waals surface area contributed by atoms with Crippen molar-refractivity contribution in [1.29, 1.82) is 0 Å². The molecule has 0 aliphatic rings. The van der Waals surface area contributed by atoms with Crippen molar-refractivity contribution in [3.05, 3.63) is 170 Å². The van der Waals surface area contributed by atoms with E-state index in [2.05, 4.69) is 48.5 Å². The van der Waals surface area contributed by atoms with Crippen LogP contribution in [0.2, 0.25) is 0 Å². The van der Waals surface area contributed by atoms with E-state index < -0.39 is 0 Å². The third-order valence-electron chi connectivity index (χ3n) is 9.40. The van der Waals surface area contributed by atoms with Crippen LogP contribution in [0.25, 0.3) is 101 Å². The molecule has 0 atom stereocenters. The van der Waals surface area contributed by atoms with Crippen molar-refractivity contribution in [2.45, 2.75) is 0 Å². The molecule has 0 amide bonds. The summed E-state index contributed by atoms with van der Waals surface area (Å²) in [4.78, 5) is 19.7. The predicted octanol–water partition coefficient (Wildman–Crippen LogP) is 11.9. The summed E-state index contributed by atoms with van der Waals surface area (Å²) in [7, 11) is 0. The van der Waals surface area contributed by atoms with Gasteiger partial charge in [0.05, 0.1) is 0 Å². The predicted molar refractivity (Wildman–Crippen MR) is 207 cm³/mol. The number of furan rings is 1. The van der Waals surface area contributed by atoms with Crippen LogP contribution in [-0.4, -0.2) is 19.9 Å². The van der Waals surface area contributed by atoms with Crippen molar-refractivity contribution in [2.75, 3.05) is 0 Å². The fourth-order valence-corrected chi connectivity index (χ4v) is 6.88. The Labute approximate surface area is 298 Å². The smallest absolute Gasteiger partial charge is 0.227 e. The highest BCUT2D eigenvalue weighted by Crippen LogP contribution is 2.42. The monoisotopic (exact) mass is 668 g/mol. The van der Waals surface area contributed by atoms with Crippen LogP contribution >= 0.6 is 0 Å². The number of aromatic nitrogens is 4. The van der Waals surface area contributed by atoms with E-state index in [1.165, 1.54) is 0 Å². The summed E-state index contributed by atoms with van der Waals surface area (Å²) in [5.74, 6) is 2.45. The van der Waals surface area contributed by atoms with Crippen molar-refractivity contribution in [3.8, 4) is 67.9 Å². The third kappa shape index (κ3) is 5.22. The molecule has 0 radical (unpaired) electrons. The molecule has 0 N–H and O–H groups in total. The molecule has 0 saturated heterocycles. The zero-order valence-electron chi connectivity index (χ0n) is 27.8. The Morgan fingerprint density at radius 3 is 1.62 bits per heavy atom.